The van der Waals surface area contributed by atoms with Crippen LogP contribution in [-0.2, 0) is 21.8 Å². The normalized spacial score (nSPS) is 10.3. The van der Waals surface area contributed by atoms with E-state index >= 15 is 0 Å². The first-order valence-electron chi connectivity index (χ1n) is 5.46. The highest BCUT2D eigenvalue weighted by molar-refractivity contribution is 6.17. The number of carbonyl (C=O) groups excluding carboxylic acids is 1. The molecule has 19 heavy (non-hydrogen) atoms. The highest BCUT2D eigenvalue weighted by Crippen LogP contribution is 2.27. The predicted molar refractivity (Wildman–Crippen MR) is 63.8 cm³/mol. The largest absolute Gasteiger partial charge is 0.466 e. The summed E-state index contributed by atoms with van der Waals surface area (Å²) in [6.07, 6.45) is -3.16. The summed E-state index contributed by atoms with van der Waals surface area (Å²) in [5, 5.41) is 8.73. The van der Waals surface area contributed by atoms with Crippen LogP contribution in [0, 0.1) is 11.3 Å². The van der Waals surface area contributed by atoms with Crippen molar-refractivity contribution in [3.63, 3.8) is 0 Å². The Kier molecular flexibility index (Phi) is 5.64. The maximum absolute atomic E-state index is 13.0. The zero-order valence-corrected chi connectivity index (χ0v) is 10.9. The third kappa shape index (κ3) is 3.86. The second kappa shape index (κ2) is 7.00. The van der Waals surface area contributed by atoms with Gasteiger partial charge >= 0.3 is 5.97 Å². The monoisotopic (exact) mass is 288 g/mol. The van der Waals surface area contributed by atoms with Crippen LogP contribution >= 0.6 is 11.6 Å². The molecular weight excluding hydrogens is 278 g/mol. The Balaban J connectivity index is 3.26. The highest BCUT2D eigenvalue weighted by atomic mass is 35.5. The number of aromatic nitrogens is 1. The molecule has 1 aromatic rings. The first-order chi connectivity index (χ1) is 9.03. The van der Waals surface area contributed by atoms with Crippen LogP contribution in [0.4, 0.5) is 8.78 Å². The average Bonchev–Trinajstić information content (AvgIpc) is 2.38. The Morgan fingerprint density at radius 2 is 2.32 bits per heavy atom. The van der Waals surface area contributed by atoms with Crippen molar-refractivity contribution >= 4 is 17.6 Å². The van der Waals surface area contributed by atoms with Crippen LogP contribution in [0.2, 0.25) is 0 Å². The van der Waals surface area contributed by atoms with E-state index in [0.717, 1.165) is 6.07 Å². The minimum Gasteiger partial charge on any atom is -0.466 e. The second-order valence-electron chi connectivity index (χ2n) is 3.55. The SMILES string of the molecule is CCOC(=O)Cc1c(C(F)F)cc(C#N)nc1CCl. The summed E-state index contributed by atoms with van der Waals surface area (Å²) in [5.74, 6) is -0.800. The van der Waals surface area contributed by atoms with E-state index in [1.165, 1.54) is 0 Å². The predicted octanol–water partition coefficient (Wildman–Crippen LogP) is 2.74. The summed E-state index contributed by atoms with van der Waals surface area (Å²) in [4.78, 5) is 15.2. The molecular formula is C12H11ClF2N2O2. The summed E-state index contributed by atoms with van der Waals surface area (Å²) < 4.78 is 30.6. The summed E-state index contributed by atoms with van der Waals surface area (Å²) in [6.45, 7) is 1.77. The molecule has 0 amide bonds. The highest BCUT2D eigenvalue weighted by Gasteiger charge is 2.21. The quantitative estimate of drug-likeness (QED) is 0.617. The average molecular weight is 289 g/mol. The van der Waals surface area contributed by atoms with Gasteiger partial charge in [0.05, 0.1) is 24.6 Å². The number of rotatable bonds is 5. The molecule has 0 aliphatic heterocycles. The van der Waals surface area contributed by atoms with Crippen LogP contribution in [0.15, 0.2) is 6.07 Å². The van der Waals surface area contributed by atoms with Gasteiger partial charge in [0.15, 0.2) is 0 Å². The zero-order valence-electron chi connectivity index (χ0n) is 10.1. The van der Waals surface area contributed by atoms with Crippen LogP contribution < -0.4 is 0 Å². The Morgan fingerprint density at radius 3 is 2.79 bits per heavy atom. The van der Waals surface area contributed by atoms with Crippen LogP contribution in [0.3, 0.4) is 0 Å². The fourth-order valence-electron chi connectivity index (χ4n) is 1.57. The number of hydrogen-bond donors (Lipinski definition) is 0. The molecule has 0 aromatic carbocycles. The summed E-state index contributed by atoms with van der Waals surface area (Å²) in [6, 6.07) is 2.65. The van der Waals surface area contributed by atoms with Crippen molar-refractivity contribution < 1.29 is 18.3 Å². The van der Waals surface area contributed by atoms with Crippen molar-refractivity contribution in [3.8, 4) is 6.07 Å². The van der Waals surface area contributed by atoms with Gasteiger partial charge in [0.2, 0.25) is 0 Å². The van der Waals surface area contributed by atoms with E-state index in [-0.39, 0.29) is 35.9 Å². The van der Waals surface area contributed by atoms with Crippen molar-refractivity contribution in [3.05, 3.63) is 28.6 Å². The minimum atomic E-state index is -2.82. The van der Waals surface area contributed by atoms with Crippen LogP contribution in [-0.4, -0.2) is 17.6 Å². The van der Waals surface area contributed by atoms with Gasteiger partial charge in [-0.3, -0.25) is 4.79 Å². The number of ether oxygens (including phenoxy) is 1. The lowest BCUT2D eigenvalue weighted by molar-refractivity contribution is -0.142. The summed E-state index contributed by atoms with van der Waals surface area (Å²) >= 11 is 5.63. The van der Waals surface area contributed by atoms with Gasteiger partial charge in [0.1, 0.15) is 11.8 Å². The van der Waals surface area contributed by atoms with Crippen LogP contribution in [0.25, 0.3) is 0 Å². The van der Waals surface area contributed by atoms with Gasteiger partial charge in [0.25, 0.3) is 6.43 Å². The van der Waals surface area contributed by atoms with E-state index in [0.29, 0.717) is 0 Å². The molecule has 0 unspecified atom stereocenters. The smallest absolute Gasteiger partial charge is 0.310 e. The maximum atomic E-state index is 13.0. The van der Waals surface area contributed by atoms with Crippen LogP contribution in [0.5, 0.6) is 0 Å². The molecule has 102 valence electrons. The van der Waals surface area contributed by atoms with Gasteiger partial charge in [-0.15, -0.1) is 11.6 Å². The fraction of sp³-hybridized carbons (Fsp3) is 0.417. The molecule has 0 saturated heterocycles. The van der Waals surface area contributed by atoms with E-state index in [9.17, 15) is 13.6 Å². The molecule has 1 heterocycles. The molecule has 7 heteroatoms. The Bertz CT molecular complexity index is 515. The molecule has 0 N–H and O–H groups in total. The number of hydrogen-bond acceptors (Lipinski definition) is 4. The number of carbonyl (C=O) groups is 1. The molecule has 0 aliphatic carbocycles. The van der Waals surface area contributed by atoms with Gasteiger partial charge in [-0.25, -0.2) is 13.8 Å². The molecule has 0 aliphatic rings. The number of nitriles is 1. The summed E-state index contributed by atoms with van der Waals surface area (Å²) in [7, 11) is 0. The minimum absolute atomic E-state index is 0.0300. The van der Waals surface area contributed by atoms with Crippen molar-refractivity contribution in [2.45, 2.75) is 25.7 Å². The lowest BCUT2D eigenvalue weighted by Crippen LogP contribution is -2.13. The number of halogens is 3. The molecule has 0 atom stereocenters. The van der Waals surface area contributed by atoms with E-state index in [2.05, 4.69) is 4.98 Å². The van der Waals surface area contributed by atoms with E-state index < -0.39 is 18.0 Å². The second-order valence-corrected chi connectivity index (χ2v) is 3.82. The maximum Gasteiger partial charge on any atom is 0.310 e. The first kappa shape index (κ1) is 15.3. The molecule has 0 saturated carbocycles. The molecule has 0 fully saturated rings. The Labute approximate surface area is 114 Å². The summed E-state index contributed by atoms with van der Waals surface area (Å²) in [5.41, 5.74) is -0.430. The molecule has 0 radical (unpaired) electrons. The van der Waals surface area contributed by atoms with Gasteiger partial charge in [0, 0.05) is 5.56 Å². The molecule has 4 nitrogen and oxygen atoms in total. The van der Waals surface area contributed by atoms with Crippen LogP contribution in [0.1, 0.15) is 35.9 Å². The molecule has 1 rings (SSSR count). The van der Waals surface area contributed by atoms with Gasteiger partial charge < -0.3 is 4.74 Å². The van der Waals surface area contributed by atoms with Crippen molar-refractivity contribution in [2.75, 3.05) is 6.61 Å². The van der Waals surface area contributed by atoms with E-state index in [1.807, 2.05) is 0 Å². The molecule has 0 spiro atoms. The third-order valence-corrected chi connectivity index (χ3v) is 2.60. The van der Waals surface area contributed by atoms with Crippen molar-refractivity contribution in [1.82, 2.24) is 4.98 Å². The Morgan fingerprint density at radius 1 is 1.63 bits per heavy atom. The lowest BCUT2D eigenvalue weighted by atomic mass is 10.0. The topological polar surface area (TPSA) is 63.0 Å². The van der Waals surface area contributed by atoms with Crippen molar-refractivity contribution in [1.29, 1.82) is 5.26 Å². The lowest BCUT2D eigenvalue weighted by Gasteiger charge is -2.12. The fourth-order valence-corrected chi connectivity index (χ4v) is 1.79. The first-order valence-corrected chi connectivity index (χ1v) is 5.99. The third-order valence-electron chi connectivity index (χ3n) is 2.35. The number of nitrogens with zero attached hydrogens (tertiary/aromatic N) is 2. The number of alkyl halides is 3. The molecule has 0 bridgehead atoms. The Hall–Kier alpha value is -1.74. The van der Waals surface area contributed by atoms with Gasteiger partial charge in [-0.05, 0) is 18.6 Å². The number of esters is 1. The van der Waals surface area contributed by atoms with Gasteiger partial charge in [-0.2, -0.15) is 5.26 Å². The standard InChI is InChI=1S/C12H11ClF2N2O2/c1-2-19-11(18)4-8-9(12(14)15)3-7(6-16)17-10(8)5-13/h3,12H,2,4-5H2,1H3. The molecule has 1 aromatic heterocycles. The van der Waals surface area contributed by atoms with E-state index in [1.54, 1.807) is 13.0 Å². The van der Waals surface area contributed by atoms with E-state index in [4.69, 9.17) is 21.6 Å². The number of pyridine rings is 1. The zero-order chi connectivity index (χ0) is 14.4. The van der Waals surface area contributed by atoms with Crippen molar-refractivity contribution in [2.24, 2.45) is 0 Å². The van der Waals surface area contributed by atoms with Gasteiger partial charge in [-0.1, -0.05) is 0 Å².